The van der Waals surface area contributed by atoms with Crippen LogP contribution in [0.15, 0.2) is 77.5 Å². The summed E-state index contributed by atoms with van der Waals surface area (Å²) in [6.45, 7) is 0.0431. The molecule has 0 radical (unpaired) electrons. The van der Waals surface area contributed by atoms with Crippen molar-refractivity contribution in [2.75, 3.05) is 0 Å². The number of fused-ring (bicyclic) bond motifs is 1. The third kappa shape index (κ3) is 4.22. The van der Waals surface area contributed by atoms with Gasteiger partial charge in [0.1, 0.15) is 5.52 Å². The second-order valence-electron chi connectivity index (χ2n) is 6.27. The first-order valence-electron chi connectivity index (χ1n) is 8.81. The van der Waals surface area contributed by atoms with Crippen LogP contribution in [0.25, 0.3) is 11.0 Å². The van der Waals surface area contributed by atoms with E-state index in [1.165, 1.54) is 6.20 Å². The van der Waals surface area contributed by atoms with Gasteiger partial charge in [0, 0.05) is 22.4 Å². The highest BCUT2D eigenvalue weighted by molar-refractivity contribution is 9.10. The lowest BCUT2D eigenvalue weighted by molar-refractivity contribution is 0.0244. The van der Waals surface area contributed by atoms with E-state index in [-0.39, 0.29) is 17.9 Å². The van der Waals surface area contributed by atoms with E-state index >= 15 is 0 Å². The summed E-state index contributed by atoms with van der Waals surface area (Å²) in [4.78, 5) is 29.6. The van der Waals surface area contributed by atoms with Crippen molar-refractivity contribution in [1.29, 1.82) is 0 Å². The number of hydrogen-bond acceptors (Lipinski definition) is 6. The second kappa shape index (κ2) is 8.32. The molecule has 7 nitrogen and oxygen atoms in total. The number of rotatable bonds is 6. The molecular formula is C21H15BrN4O3. The standard InChI is InChI=1S/C21H15BrN4O3/c22-16-9-7-14(8-10-16)20(27)19(29-21(28)15-4-3-11-23-12-15)13-26-18-6-2-1-5-17(18)24-25-26/h1-12,19H,13H2. The van der Waals surface area contributed by atoms with Crippen LogP contribution in [0.4, 0.5) is 0 Å². The Kier molecular flexibility index (Phi) is 5.44. The first kappa shape index (κ1) is 18.9. The zero-order valence-corrected chi connectivity index (χ0v) is 16.7. The first-order valence-corrected chi connectivity index (χ1v) is 9.60. The number of esters is 1. The normalized spacial score (nSPS) is 11.9. The molecule has 0 aliphatic carbocycles. The molecule has 0 aliphatic rings. The number of hydrogen-bond donors (Lipinski definition) is 0. The van der Waals surface area contributed by atoms with E-state index in [9.17, 15) is 9.59 Å². The quantitative estimate of drug-likeness (QED) is 0.328. The molecule has 0 saturated carbocycles. The molecule has 1 atom stereocenters. The molecule has 0 aliphatic heterocycles. The van der Waals surface area contributed by atoms with Gasteiger partial charge in [0.05, 0.1) is 17.6 Å². The predicted molar refractivity (Wildman–Crippen MR) is 109 cm³/mol. The largest absolute Gasteiger partial charge is 0.448 e. The summed E-state index contributed by atoms with van der Waals surface area (Å²) >= 11 is 3.35. The van der Waals surface area contributed by atoms with Crippen molar-refractivity contribution in [3.63, 3.8) is 0 Å². The number of ketones is 1. The lowest BCUT2D eigenvalue weighted by Crippen LogP contribution is -2.32. The molecule has 4 rings (SSSR count). The highest BCUT2D eigenvalue weighted by Gasteiger charge is 2.27. The molecule has 2 heterocycles. The van der Waals surface area contributed by atoms with Crippen LogP contribution in [0, 0.1) is 0 Å². The highest BCUT2D eigenvalue weighted by Crippen LogP contribution is 2.17. The summed E-state index contributed by atoms with van der Waals surface area (Å²) in [7, 11) is 0. The van der Waals surface area contributed by atoms with Gasteiger partial charge in [-0.25, -0.2) is 9.48 Å². The number of carbonyl (C=O) groups excluding carboxylic acids is 2. The van der Waals surface area contributed by atoms with E-state index in [0.717, 1.165) is 9.99 Å². The third-order valence-corrected chi connectivity index (χ3v) is 4.86. The van der Waals surface area contributed by atoms with Gasteiger partial charge in [-0.05, 0) is 36.4 Å². The van der Waals surface area contributed by atoms with Crippen LogP contribution in [-0.2, 0) is 11.3 Å². The van der Waals surface area contributed by atoms with Crippen molar-refractivity contribution >= 4 is 38.7 Å². The maximum absolute atomic E-state index is 13.1. The number of nitrogens with zero attached hydrogens (tertiary/aromatic N) is 4. The number of carbonyl (C=O) groups is 2. The Hall–Kier alpha value is -3.39. The predicted octanol–water partition coefficient (Wildman–Crippen LogP) is 3.70. The van der Waals surface area contributed by atoms with Crippen molar-refractivity contribution in [3.8, 4) is 0 Å². The molecule has 0 fully saturated rings. The zero-order valence-electron chi connectivity index (χ0n) is 15.1. The molecule has 0 N–H and O–H groups in total. The van der Waals surface area contributed by atoms with E-state index < -0.39 is 12.1 Å². The number of halogens is 1. The van der Waals surface area contributed by atoms with Gasteiger partial charge in [-0.2, -0.15) is 0 Å². The van der Waals surface area contributed by atoms with Crippen molar-refractivity contribution in [2.45, 2.75) is 12.6 Å². The van der Waals surface area contributed by atoms with Gasteiger partial charge in [0.2, 0.25) is 5.78 Å². The Morgan fingerprint density at radius 1 is 1.00 bits per heavy atom. The lowest BCUT2D eigenvalue weighted by Gasteiger charge is -2.17. The number of Topliss-reactive ketones (excluding diaryl/α,β-unsaturated/α-hetero) is 1. The molecule has 2 aromatic carbocycles. The summed E-state index contributed by atoms with van der Waals surface area (Å²) in [6, 6.07) is 17.5. The lowest BCUT2D eigenvalue weighted by atomic mass is 10.1. The minimum atomic E-state index is -1.08. The molecule has 1 unspecified atom stereocenters. The minimum absolute atomic E-state index is 0.0431. The van der Waals surface area contributed by atoms with Gasteiger partial charge in [0.15, 0.2) is 6.10 Å². The van der Waals surface area contributed by atoms with Gasteiger partial charge in [-0.15, -0.1) is 5.10 Å². The molecule has 0 bridgehead atoms. The molecule has 0 saturated heterocycles. The Bertz CT molecular complexity index is 1160. The van der Waals surface area contributed by atoms with Gasteiger partial charge >= 0.3 is 5.97 Å². The fourth-order valence-electron chi connectivity index (χ4n) is 2.86. The van der Waals surface area contributed by atoms with Gasteiger partial charge in [-0.1, -0.05) is 45.4 Å². The van der Waals surface area contributed by atoms with Crippen LogP contribution in [0.5, 0.6) is 0 Å². The summed E-state index contributed by atoms with van der Waals surface area (Å²) in [5, 5.41) is 8.21. The van der Waals surface area contributed by atoms with E-state index in [0.29, 0.717) is 11.1 Å². The molecule has 2 aromatic heterocycles. The molecule has 144 valence electrons. The number of aromatic nitrogens is 4. The van der Waals surface area contributed by atoms with E-state index in [1.807, 2.05) is 24.3 Å². The van der Waals surface area contributed by atoms with Gasteiger partial charge in [0.25, 0.3) is 0 Å². The third-order valence-electron chi connectivity index (χ3n) is 4.33. The number of para-hydroxylation sites is 1. The van der Waals surface area contributed by atoms with Crippen LogP contribution < -0.4 is 0 Å². The monoisotopic (exact) mass is 450 g/mol. The summed E-state index contributed by atoms with van der Waals surface area (Å²) in [5.74, 6) is -0.952. The summed E-state index contributed by atoms with van der Waals surface area (Å²) in [6.07, 6.45) is 1.88. The smallest absolute Gasteiger partial charge is 0.340 e. The van der Waals surface area contributed by atoms with Crippen LogP contribution in [0.3, 0.4) is 0 Å². The highest BCUT2D eigenvalue weighted by atomic mass is 79.9. The molecule has 4 aromatic rings. The molecule has 29 heavy (non-hydrogen) atoms. The Morgan fingerprint density at radius 2 is 1.79 bits per heavy atom. The number of pyridine rings is 1. The van der Waals surface area contributed by atoms with Crippen LogP contribution in [0.2, 0.25) is 0 Å². The first-order chi connectivity index (χ1) is 14.1. The fourth-order valence-corrected chi connectivity index (χ4v) is 3.13. The Labute approximate surface area is 174 Å². The van der Waals surface area contributed by atoms with Crippen molar-refractivity contribution in [3.05, 3.63) is 88.7 Å². The van der Waals surface area contributed by atoms with Crippen LogP contribution in [-0.4, -0.2) is 37.8 Å². The molecular weight excluding hydrogens is 436 g/mol. The zero-order chi connectivity index (χ0) is 20.2. The fraction of sp³-hybridized carbons (Fsp3) is 0.0952. The number of ether oxygens (including phenoxy) is 1. The SMILES string of the molecule is O=C(OC(Cn1nnc2ccccc21)C(=O)c1ccc(Br)cc1)c1cccnc1. The topological polar surface area (TPSA) is 87.0 Å². The molecule has 8 heteroatoms. The van der Waals surface area contributed by atoms with Crippen molar-refractivity contribution in [2.24, 2.45) is 0 Å². The van der Waals surface area contributed by atoms with Gasteiger partial charge < -0.3 is 4.74 Å². The maximum Gasteiger partial charge on any atom is 0.340 e. The Balaban J connectivity index is 1.65. The van der Waals surface area contributed by atoms with E-state index in [4.69, 9.17) is 4.74 Å². The molecule has 0 spiro atoms. The average molecular weight is 451 g/mol. The molecule has 0 amide bonds. The van der Waals surface area contributed by atoms with Crippen LogP contribution in [0.1, 0.15) is 20.7 Å². The van der Waals surface area contributed by atoms with Crippen molar-refractivity contribution in [1.82, 2.24) is 20.0 Å². The number of benzene rings is 2. The Morgan fingerprint density at radius 3 is 2.55 bits per heavy atom. The summed E-state index contributed by atoms with van der Waals surface area (Å²) < 4.78 is 7.99. The van der Waals surface area contributed by atoms with E-state index in [1.54, 1.807) is 47.3 Å². The average Bonchev–Trinajstić information content (AvgIpc) is 3.17. The maximum atomic E-state index is 13.1. The van der Waals surface area contributed by atoms with Crippen molar-refractivity contribution < 1.29 is 14.3 Å². The minimum Gasteiger partial charge on any atom is -0.448 e. The van der Waals surface area contributed by atoms with Crippen LogP contribution >= 0.6 is 15.9 Å². The summed E-state index contributed by atoms with van der Waals surface area (Å²) in [5.41, 5.74) is 2.14. The van der Waals surface area contributed by atoms with Gasteiger partial charge in [-0.3, -0.25) is 9.78 Å². The van der Waals surface area contributed by atoms with E-state index in [2.05, 4.69) is 31.2 Å². The second-order valence-corrected chi connectivity index (χ2v) is 7.18.